The fourth-order valence-electron chi connectivity index (χ4n) is 3.44. The summed E-state index contributed by atoms with van der Waals surface area (Å²) in [6.07, 6.45) is 0. The molecule has 1 heterocycles. The average Bonchev–Trinajstić information content (AvgIpc) is 3.22. The molecule has 170 valence electrons. The summed E-state index contributed by atoms with van der Waals surface area (Å²) < 4.78 is 43.5. The van der Waals surface area contributed by atoms with Crippen LogP contribution in [-0.4, -0.2) is 36.9 Å². The van der Waals surface area contributed by atoms with Crippen molar-refractivity contribution < 1.29 is 32.7 Å². The smallest absolute Gasteiger partial charge is 0.323 e. The topological polar surface area (TPSA) is 85.0 Å². The summed E-state index contributed by atoms with van der Waals surface area (Å²) in [4.78, 5) is 12.5. The molecule has 0 bridgehead atoms. The Labute approximate surface area is 187 Å². The van der Waals surface area contributed by atoms with Gasteiger partial charge in [-0.1, -0.05) is 23.4 Å². The van der Waals surface area contributed by atoms with E-state index in [-0.39, 0.29) is 18.9 Å². The quantitative estimate of drug-likeness (QED) is 0.406. The number of hydrogen-bond acceptors (Lipinski definition) is 6. The van der Waals surface area contributed by atoms with Gasteiger partial charge in [-0.25, -0.2) is 8.78 Å². The van der Waals surface area contributed by atoms with Crippen molar-refractivity contribution in [3.8, 4) is 22.6 Å². The van der Waals surface area contributed by atoms with Gasteiger partial charge in [-0.05, 0) is 41.5 Å². The Morgan fingerprint density at radius 1 is 1.09 bits per heavy atom. The summed E-state index contributed by atoms with van der Waals surface area (Å²) in [7, 11) is 3.02. The molecule has 0 aliphatic heterocycles. The fourth-order valence-corrected chi connectivity index (χ4v) is 3.44. The number of methoxy groups -OCH3 is 1. The van der Waals surface area contributed by atoms with Gasteiger partial charge in [-0.3, -0.25) is 4.79 Å². The molecular formula is C24H20F2N2O5. The molecule has 0 radical (unpaired) electrons. The van der Waals surface area contributed by atoms with Gasteiger partial charge < -0.3 is 24.0 Å². The number of aromatic nitrogens is 1. The lowest BCUT2D eigenvalue weighted by Gasteiger charge is -2.13. The normalized spacial score (nSPS) is 10.9. The van der Waals surface area contributed by atoms with Crippen LogP contribution in [0, 0.1) is 11.6 Å². The summed E-state index contributed by atoms with van der Waals surface area (Å²) in [6, 6.07) is 14.4. The number of aliphatic carboxylic acids is 1. The van der Waals surface area contributed by atoms with Crippen molar-refractivity contribution in [1.82, 2.24) is 5.16 Å². The SMILES string of the molecule is COc1cc(F)c(F)cc1-c1ccc(OCc2ccc3onc(N(C)CC(=O)O)c3c2)cc1. The van der Waals surface area contributed by atoms with Crippen molar-refractivity contribution in [2.24, 2.45) is 0 Å². The van der Waals surface area contributed by atoms with Gasteiger partial charge in [0, 0.05) is 18.7 Å². The van der Waals surface area contributed by atoms with Crippen LogP contribution in [0.4, 0.5) is 14.6 Å². The molecule has 0 aliphatic rings. The van der Waals surface area contributed by atoms with Crippen molar-refractivity contribution >= 4 is 22.8 Å². The van der Waals surface area contributed by atoms with Gasteiger partial charge in [-0.2, -0.15) is 0 Å². The summed E-state index contributed by atoms with van der Waals surface area (Å²) in [5.41, 5.74) is 2.45. The lowest BCUT2D eigenvalue weighted by Crippen LogP contribution is -2.25. The fraction of sp³-hybridized carbons (Fsp3) is 0.167. The molecule has 0 saturated carbocycles. The van der Waals surface area contributed by atoms with Gasteiger partial charge in [0.15, 0.2) is 23.0 Å². The highest BCUT2D eigenvalue weighted by Gasteiger charge is 2.16. The monoisotopic (exact) mass is 454 g/mol. The lowest BCUT2D eigenvalue weighted by molar-refractivity contribution is -0.135. The lowest BCUT2D eigenvalue weighted by atomic mass is 10.0. The van der Waals surface area contributed by atoms with E-state index >= 15 is 0 Å². The number of carboxylic acid groups (broad SMARTS) is 1. The molecule has 0 unspecified atom stereocenters. The summed E-state index contributed by atoms with van der Waals surface area (Å²) in [5, 5.41) is 13.6. The molecule has 33 heavy (non-hydrogen) atoms. The number of likely N-dealkylation sites (N-methyl/N-ethyl adjacent to an activating group) is 1. The first-order valence-electron chi connectivity index (χ1n) is 9.93. The van der Waals surface area contributed by atoms with Crippen LogP contribution in [0.25, 0.3) is 22.1 Å². The third-order valence-electron chi connectivity index (χ3n) is 5.06. The molecule has 4 aromatic rings. The molecule has 9 heteroatoms. The van der Waals surface area contributed by atoms with Crippen LogP contribution in [-0.2, 0) is 11.4 Å². The van der Waals surface area contributed by atoms with Crippen LogP contribution in [0.2, 0.25) is 0 Å². The van der Waals surface area contributed by atoms with Crippen LogP contribution in [0.15, 0.2) is 59.1 Å². The molecule has 0 amide bonds. The predicted octanol–water partition coefficient (Wildman–Crippen LogP) is 4.88. The number of nitrogens with zero attached hydrogens (tertiary/aromatic N) is 2. The Hall–Kier alpha value is -4.14. The van der Waals surface area contributed by atoms with Gasteiger partial charge in [0.25, 0.3) is 0 Å². The molecule has 0 atom stereocenters. The minimum absolute atomic E-state index is 0.211. The number of fused-ring (bicyclic) bond motifs is 1. The third-order valence-corrected chi connectivity index (χ3v) is 5.06. The molecule has 1 N–H and O–H groups in total. The number of rotatable bonds is 8. The summed E-state index contributed by atoms with van der Waals surface area (Å²) >= 11 is 0. The molecule has 0 spiro atoms. The average molecular weight is 454 g/mol. The molecule has 1 aromatic heterocycles. The Bertz CT molecular complexity index is 1300. The molecule has 0 fully saturated rings. The van der Waals surface area contributed by atoms with E-state index in [1.165, 1.54) is 12.0 Å². The molecule has 0 aliphatic carbocycles. The highest BCUT2D eigenvalue weighted by Crippen LogP contribution is 2.33. The zero-order valence-corrected chi connectivity index (χ0v) is 17.8. The van der Waals surface area contributed by atoms with Gasteiger partial charge >= 0.3 is 5.97 Å². The third kappa shape index (κ3) is 4.72. The number of halogens is 2. The Kier molecular flexibility index (Phi) is 6.12. The highest BCUT2D eigenvalue weighted by atomic mass is 19.2. The van der Waals surface area contributed by atoms with E-state index in [2.05, 4.69) is 5.16 Å². The van der Waals surface area contributed by atoms with E-state index < -0.39 is 17.6 Å². The van der Waals surface area contributed by atoms with Gasteiger partial charge in [0.2, 0.25) is 0 Å². The maximum absolute atomic E-state index is 13.7. The zero-order chi connectivity index (χ0) is 23.5. The van der Waals surface area contributed by atoms with E-state index in [0.29, 0.717) is 33.7 Å². The second-order valence-corrected chi connectivity index (χ2v) is 7.37. The first-order chi connectivity index (χ1) is 15.9. The minimum Gasteiger partial charge on any atom is -0.496 e. The van der Waals surface area contributed by atoms with Crippen molar-refractivity contribution in [3.05, 3.63) is 71.8 Å². The van der Waals surface area contributed by atoms with E-state index in [1.807, 2.05) is 12.1 Å². The number of ether oxygens (including phenoxy) is 2. The molecule has 7 nitrogen and oxygen atoms in total. The maximum atomic E-state index is 13.7. The summed E-state index contributed by atoms with van der Waals surface area (Å²) in [6.45, 7) is 0.0362. The van der Waals surface area contributed by atoms with Gasteiger partial charge in [0.05, 0.1) is 12.5 Å². The molecule has 3 aromatic carbocycles. The largest absolute Gasteiger partial charge is 0.496 e. The van der Waals surface area contributed by atoms with Crippen LogP contribution in [0.1, 0.15) is 5.56 Å². The minimum atomic E-state index is -0.974. The van der Waals surface area contributed by atoms with Crippen molar-refractivity contribution in [1.29, 1.82) is 0 Å². The Morgan fingerprint density at radius 2 is 1.82 bits per heavy atom. The molecule has 4 rings (SSSR count). The molecular weight excluding hydrogens is 434 g/mol. The second kappa shape index (κ2) is 9.15. The highest BCUT2D eigenvalue weighted by molar-refractivity contribution is 5.90. The van der Waals surface area contributed by atoms with Crippen LogP contribution in [0.5, 0.6) is 11.5 Å². The van der Waals surface area contributed by atoms with Gasteiger partial charge in [0.1, 0.15) is 24.7 Å². The van der Waals surface area contributed by atoms with Crippen molar-refractivity contribution in [3.63, 3.8) is 0 Å². The number of carbonyl (C=O) groups is 1. The predicted molar refractivity (Wildman–Crippen MR) is 118 cm³/mol. The number of hydrogen-bond donors (Lipinski definition) is 1. The van der Waals surface area contributed by atoms with Crippen molar-refractivity contribution in [2.45, 2.75) is 6.61 Å². The van der Waals surface area contributed by atoms with Gasteiger partial charge in [-0.15, -0.1) is 0 Å². The summed E-state index contributed by atoms with van der Waals surface area (Å²) in [5.74, 6) is -1.67. The van der Waals surface area contributed by atoms with E-state index in [0.717, 1.165) is 17.7 Å². The number of anilines is 1. The molecule has 0 saturated heterocycles. The first-order valence-corrected chi connectivity index (χ1v) is 9.93. The van der Waals surface area contributed by atoms with Crippen LogP contribution < -0.4 is 14.4 Å². The van der Waals surface area contributed by atoms with Crippen molar-refractivity contribution in [2.75, 3.05) is 25.6 Å². The Morgan fingerprint density at radius 3 is 2.52 bits per heavy atom. The maximum Gasteiger partial charge on any atom is 0.323 e. The first kappa shape index (κ1) is 22.1. The number of benzene rings is 3. The zero-order valence-electron chi connectivity index (χ0n) is 17.8. The van der Waals surface area contributed by atoms with Crippen LogP contribution in [0.3, 0.4) is 0 Å². The van der Waals surface area contributed by atoms with Crippen LogP contribution >= 0.6 is 0 Å². The number of carboxylic acids is 1. The standard InChI is InChI=1S/C24H20F2N2O5/c1-28(12-23(29)30)24-18-9-14(3-8-21(18)33-27-24)13-32-16-6-4-15(5-7-16)17-10-19(25)20(26)11-22(17)31-2/h3-11H,12-13H2,1-2H3,(H,29,30). The van der Waals surface area contributed by atoms with E-state index in [1.54, 1.807) is 37.4 Å². The second-order valence-electron chi connectivity index (χ2n) is 7.37. The van der Waals surface area contributed by atoms with E-state index in [4.69, 9.17) is 19.1 Å². The Balaban J connectivity index is 1.50. The van der Waals surface area contributed by atoms with E-state index in [9.17, 15) is 13.6 Å².